The van der Waals surface area contributed by atoms with E-state index in [4.69, 9.17) is 0 Å². The molecule has 0 radical (unpaired) electrons. The number of hydrogen-bond donors (Lipinski definition) is 0. The Labute approximate surface area is 298 Å². The van der Waals surface area contributed by atoms with E-state index in [0.717, 1.165) is 19.3 Å². The third kappa shape index (κ3) is 7.70. The van der Waals surface area contributed by atoms with Gasteiger partial charge < -0.3 is 24.8 Å². The molecule has 3 heteroatoms. The molecule has 2 aliphatic rings. The monoisotopic (exact) mass is 724 g/mol. The third-order valence-corrected chi connectivity index (χ3v) is 17.8. The molecule has 0 nitrogen and oxygen atoms in total. The van der Waals surface area contributed by atoms with Gasteiger partial charge in [0.15, 0.2) is 0 Å². The average Bonchev–Trinajstić information content (AvgIpc) is 3.59. The molecule has 0 aromatic heterocycles. The largest absolute Gasteiger partial charge is 1.00 e. The SMILES string of the molecule is Cc1cccc(C[C](Cc2cccc(C)c2)=[Zr+2]([C]2=CC=CC2)[CH]2c3ccc(C(C)(C)C)cc3-c3cc(C(C)(C)C)ccc32)c1.[Cl-].[Cl-]. The molecule has 6 rings (SSSR count). The summed E-state index contributed by atoms with van der Waals surface area (Å²) in [6, 6.07) is 33.5. The van der Waals surface area contributed by atoms with Gasteiger partial charge in [-0.3, -0.25) is 0 Å². The molecule has 0 atom stereocenters. The molecule has 4 aromatic carbocycles. The fourth-order valence-electron chi connectivity index (χ4n) is 7.15. The van der Waals surface area contributed by atoms with E-state index in [9.17, 15) is 0 Å². The smallest absolute Gasteiger partial charge is 1.00 e. The predicted molar refractivity (Wildman–Crippen MR) is 188 cm³/mol. The molecule has 0 N–H and O–H groups in total. The van der Waals surface area contributed by atoms with Gasteiger partial charge in [0.25, 0.3) is 0 Å². The van der Waals surface area contributed by atoms with Gasteiger partial charge >= 0.3 is 276 Å². The zero-order valence-corrected chi connectivity index (χ0v) is 32.7. The Morgan fingerprint density at radius 1 is 0.652 bits per heavy atom. The van der Waals surface area contributed by atoms with Crippen LogP contribution in [-0.2, 0) is 44.9 Å². The number of rotatable bonds is 6. The molecule has 0 heterocycles. The zero-order chi connectivity index (χ0) is 31.2. The number of halogens is 2. The van der Waals surface area contributed by atoms with Crippen LogP contribution in [0.15, 0.2) is 106 Å². The van der Waals surface area contributed by atoms with Crippen molar-refractivity contribution in [3.05, 3.63) is 151 Å². The maximum Gasteiger partial charge on any atom is -1.00 e. The maximum atomic E-state index is 2.55. The van der Waals surface area contributed by atoms with E-state index in [2.05, 4.69) is 159 Å². The van der Waals surface area contributed by atoms with E-state index in [1.807, 2.05) is 3.21 Å². The number of allylic oxidation sites excluding steroid dienone is 4. The van der Waals surface area contributed by atoms with Crippen LogP contribution >= 0.6 is 0 Å². The summed E-state index contributed by atoms with van der Waals surface area (Å²) >= 11 is -2.54. The van der Waals surface area contributed by atoms with Gasteiger partial charge in [-0.2, -0.15) is 0 Å². The van der Waals surface area contributed by atoms with Gasteiger partial charge in [-0.25, -0.2) is 0 Å². The van der Waals surface area contributed by atoms with Crippen LogP contribution in [0, 0.1) is 13.8 Å². The Morgan fingerprint density at radius 2 is 1.13 bits per heavy atom. The first-order valence-corrected chi connectivity index (χ1v) is 20.2. The molecule has 0 fully saturated rings. The van der Waals surface area contributed by atoms with Gasteiger partial charge in [0.2, 0.25) is 0 Å². The predicted octanol–water partition coefficient (Wildman–Crippen LogP) is 5.10. The summed E-state index contributed by atoms with van der Waals surface area (Å²) in [4.78, 5) is 0. The van der Waals surface area contributed by atoms with Crippen LogP contribution in [0.5, 0.6) is 0 Å². The van der Waals surface area contributed by atoms with Gasteiger partial charge in [-0.15, -0.1) is 0 Å². The molecule has 46 heavy (non-hydrogen) atoms. The van der Waals surface area contributed by atoms with Crippen LogP contribution in [0.3, 0.4) is 0 Å². The van der Waals surface area contributed by atoms with Crippen molar-refractivity contribution in [3.63, 3.8) is 0 Å². The Morgan fingerprint density at radius 3 is 1.52 bits per heavy atom. The Balaban J connectivity index is 0.00000240. The molecule has 4 aromatic rings. The summed E-state index contributed by atoms with van der Waals surface area (Å²) in [7, 11) is 0. The number of hydrogen-bond acceptors (Lipinski definition) is 0. The first-order chi connectivity index (χ1) is 20.9. The van der Waals surface area contributed by atoms with Crippen LogP contribution in [-0.4, -0.2) is 3.21 Å². The Hall–Kier alpha value is -2.31. The minimum absolute atomic E-state index is 0. The zero-order valence-electron chi connectivity index (χ0n) is 28.8. The fraction of sp³-hybridized carbons (Fsp3) is 0.326. The van der Waals surface area contributed by atoms with Crippen molar-refractivity contribution < 1.29 is 46.1 Å². The number of benzene rings is 4. The summed E-state index contributed by atoms with van der Waals surface area (Å²) in [6.45, 7) is 18.5. The quantitative estimate of drug-likeness (QED) is 0.260. The average molecular weight is 727 g/mol. The van der Waals surface area contributed by atoms with Crippen molar-refractivity contribution in [2.24, 2.45) is 0 Å². The first-order valence-electron chi connectivity index (χ1n) is 16.4. The van der Waals surface area contributed by atoms with E-state index in [1.165, 1.54) is 44.5 Å². The molecule has 0 spiro atoms. The minimum Gasteiger partial charge on any atom is -1.00 e. The Kier molecular flexibility index (Phi) is 11.5. The maximum absolute atomic E-state index is 2.55. The van der Waals surface area contributed by atoms with Crippen molar-refractivity contribution in [2.75, 3.05) is 0 Å². The van der Waals surface area contributed by atoms with Gasteiger partial charge in [-0.1, -0.05) is 0 Å². The molecule has 0 saturated heterocycles. The summed E-state index contributed by atoms with van der Waals surface area (Å²) in [6.07, 6.45) is 10.5. The molecular weight excluding hydrogens is 679 g/mol. The van der Waals surface area contributed by atoms with Gasteiger partial charge in [0.1, 0.15) is 0 Å². The topological polar surface area (TPSA) is 0 Å². The van der Waals surface area contributed by atoms with Crippen molar-refractivity contribution >= 4 is 3.21 Å². The number of aryl methyl sites for hydroxylation is 2. The third-order valence-electron chi connectivity index (χ3n) is 9.54. The second-order valence-corrected chi connectivity index (χ2v) is 22.0. The van der Waals surface area contributed by atoms with Crippen LogP contribution < -0.4 is 24.8 Å². The normalized spacial score (nSPS) is 13.6. The molecule has 2 aliphatic carbocycles. The molecule has 0 amide bonds. The van der Waals surface area contributed by atoms with Crippen LogP contribution in [0.2, 0.25) is 0 Å². The Bertz CT molecular complexity index is 1710. The van der Waals surface area contributed by atoms with E-state index in [1.54, 1.807) is 14.4 Å². The van der Waals surface area contributed by atoms with E-state index in [0.29, 0.717) is 3.63 Å². The van der Waals surface area contributed by atoms with Crippen LogP contribution in [0.25, 0.3) is 11.1 Å². The van der Waals surface area contributed by atoms with Crippen LogP contribution in [0.4, 0.5) is 0 Å². The first kappa shape index (κ1) is 36.5. The second-order valence-electron chi connectivity index (χ2n) is 15.2. The summed E-state index contributed by atoms with van der Waals surface area (Å²) in [5.41, 5.74) is 14.8. The summed E-state index contributed by atoms with van der Waals surface area (Å²) in [5, 5.41) is 0. The molecule has 238 valence electrons. The minimum atomic E-state index is -2.54. The van der Waals surface area contributed by atoms with E-state index in [-0.39, 0.29) is 35.6 Å². The molecule has 0 bridgehead atoms. The molecule has 0 unspecified atom stereocenters. The van der Waals surface area contributed by atoms with Crippen molar-refractivity contribution in [1.82, 2.24) is 0 Å². The van der Waals surface area contributed by atoms with Crippen LogP contribution in [0.1, 0.15) is 96.1 Å². The molecule has 0 saturated carbocycles. The van der Waals surface area contributed by atoms with Gasteiger partial charge in [-0.05, 0) is 0 Å². The van der Waals surface area contributed by atoms with Gasteiger partial charge in [0.05, 0.1) is 0 Å². The number of fused-ring (bicyclic) bond motifs is 3. The molecular formula is C43H48Cl2Zr. The summed E-state index contributed by atoms with van der Waals surface area (Å²) in [5.74, 6) is 0. The second kappa shape index (κ2) is 14.4. The standard InChI is InChI=1S/C21H25.C17H18.C5H5.2ClH.Zr/c1-20(2,3)16-9-7-14-11-15-8-10-17(21(4,5)6)13-19(15)18(14)12-16;1-14-6-3-8-16(12-14)10-5-11-17-9-4-7-15(2)13-17;1-2-4-5-3-1;;;/h7-13H,1-6H3;3-4,6-9,12-13H,10-11H2,1-2H3;1-3H,4H2;2*1H;/q;;;;;+2/p-2. The molecule has 0 aliphatic heterocycles. The van der Waals surface area contributed by atoms with E-state index < -0.39 is 21.3 Å². The van der Waals surface area contributed by atoms with Crippen molar-refractivity contribution in [2.45, 2.75) is 89.1 Å². The fourth-order valence-corrected chi connectivity index (χ4v) is 16.4. The van der Waals surface area contributed by atoms with Crippen molar-refractivity contribution in [3.8, 4) is 11.1 Å². The van der Waals surface area contributed by atoms with Crippen molar-refractivity contribution in [1.29, 1.82) is 0 Å². The van der Waals surface area contributed by atoms with Gasteiger partial charge in [0, 0.05) is 0 Å². The van der Waals surface area contributed by atoms with E-state index >= 15 is 0 Å². The summed E-state index contributed by atoms with van der Waals surface area (Å²) < 4.78 is 4.04.